The second-order valence-corrected chi connectivity index (χ2v) is 9.56. The molecule has 0 aliphatic carbocycles. The Labute approximate surface area is 236 Å². The van der Waals surface area contributed by atoms with E-state index in [1.54, 1.807) is 0 Å². The van der Waals surface area contributed by atoms with Crippen molar-refractivity contribution in [3.63, 3.8) is 0 Å². The molecule has 0 saturated carbocycles. The van der Waals surface area contributed by atoms with Crippen LogP contribution in [0.15, 0.2) is 121 Å². The quantitative estimate of drug-likeness (QED) is 0.199. The van der Waals surface area contributed by atoms with Crippen molar-refractivity contribution in [1.29, 1.82) is 5.26 Å². The highest BCUT2D eigenvalue weighted by Gasteiger charge is 2.36. The standard InChI is InChI=1S/C34H36N2O4/c35-21-31(36-22-27-13-5-1-6-14-27)33(39-24-29-17-9-3-10-18-29)34(40-25-30-19-11-4-12-20-30)32(37)26-38-23-28-15-7-2-8-16-28/h1-20,31-34,36-37H,22-26H2/t31-,32-,33-,34-/m0/s1. The van der Waals surface area contributed by atoms with Crippen molar-refractivity contribution in [2.75, 3.05) is 6.61 Å². The monoisotopic (exact) mass is 536 g/mol. The van der Waals surface area contributed by atoms with E-state index in [-0.39, 0.29) is 19.8 Å². The Kier molecular flexibility index (Phi) is 11.9. The molecule has 0 bridgehead atoms. The maximum atomic E-state index is 11.4. The van der Waals surface area contributed by atoms with Gasteiger partial charge in [0.2, 0.25) is 0 Å². The molecule has 0 unspecified atom stereocenters. The van der Waals surface area contributed by atoms with E-state index < -0.39 is 24.4 Å². The van der Waals surface area contributed by atoms with Crippen LogP contribution in [0.4, 0.5) is 0 Å². The number of ether oxygens (including phenoxy) is 3. The zero-order valence-corrected chi connectivity index (χ0v) is 22.5. The molecule has 0 aliphatic rings. The molecule has 2 N–H and O–H groups in total. The Hall–Kier alpha value is -3.83. The summed E-state index contributed by atoms with van der Waals surface area (Å²) in [6.07, 6.45) is -2.66. The number of benzene rings is 4. The zero-order valence-electron chi connectivity index (χ0n) is 22.5. The van der Waals surface area contributed by atoms with Crippen LogP contribution in [-0.4, -0.2) is 36.1 Å². The van der Waals surface area contributed by atoms with E-state index in [0.717, 1.165) is 22.3 Å². The van der Waals surface area contributed by atoms with Crippen LogP contribution in [0.25, 0.3) is 0 Å². The van der Waals surface area contributed by atoms with Crippen molar-refractivity contribution in [2.45, 2.75) is 50.7 Å². The van der Waals surface area contributed by atoms with Crippen LogP contribution in [0, 0.1) is 11.3 Å². The third-order valence-electron chi connectivity index (χ3n) is 6.51. The summed E-state index contributed by atoms with van der Waals surface area (Å²) in [7, 11) is 0. The molecule has 40 heavy (non-hydrogen) atoms. The first-order chi connectivity index (χ1) is 19.7. The molecule has 4 atom stereocenters. The fourth-order valence-corrected chi connectivity index (χ4v) is 4.36. The Bertz CT molecular complexity index is 1270. The SMILES string of the molecule is N#C[C@H](NCc1ccccc1)[C@H](OCc1ccccc1)[C@@H](OCc1ccccc1)[C@@H](O)COCc1ccccc1. The molecular weight excluding hydrogens is 500 g/mol. The van der Waals surface area contributed by atoms with Crippen LogP contribution in [0.3, 0.4) is 0 Å². The highest BCUT2D eigenvalue weighted by Crippen LogP contribution is 2.19. The number of hydrogen-bond acceptors (Lipinski definition) is 6. The van der Waals surface area contributed by atoms with E-state index in [1.165, 1.54) is 0 Å². The molecule has 0 saturated heterocycles. The van der Waals surface area contributed by atoms with Gasteiger partial charge in [-0.25, -0.2) is 0 Å². The van der Waals surface area contributed by atoms with Gasteiger partial charge >= 0.3 is 0 Å². The van der Waals surface area contributed by atoms with Crippen molar-refractivity contribution >= 4 is 0 Å². The van der Waals surface area contributed by atoms with Crippen molar-refractivity contribution in [1.82, 2.24) is 5.32 Å². The van der Waals surface area contributed by atoms with Gasteiger partial charge in [-0.3, -0.25) is 5.32 Å². The van der Waals surface area contributed by atoms with Gasteiger partial charge in [-0.2, -0.15) is 5.26 Å². The normalized spacial score (nSPS) is 14.1. The fourth-order valence-electron chi connectivity index (χ4n) is 4.36. The lowest BCUT2D eigenvalue weighted by atomic mass is 10.0. The number of hydrogen-bond donors (Lipinski definition) is 2. The minimum atomic E-state index is -1.04. The third-order valence-corrected chi connectivity index (χ3v) is 6.51. The molecule has 4 rings (SSSR count). The molecule has 0 radical (unpaired) electrons. The minimum absolute atomic E-state index is 0.0242. The maximum absolute atomic E-state index is 11.4. The molecule has 0 aromatic heterocycles. The Morgan fingerprint density at radius 1 is 0.600 bits per heavy atom. The Morgan fingerprint density at radius 3 is 1.50 bits per heavy atom. The molecule has 0 heterocycles. The molecule has 206 valence electrons. The number of aliphatic hydroxyl groups excluding tert-OH is 1. The zero-order chi connectivity index (χ0) is 27.8. The van der Waals surface area contributed by atoms with E-state index in [0.29, 0.717) is 13.2 Å². The van der Waals surface area contributed by atoms with Gasteiger partial charge < -0.3 is 19.3 Å². The predicted molar refractivity (Wildman–Crippen MR) is 155 cm³/mol. The first kappa shape index (κ1) is 29.2. The molecule has 0 spiro atoms. The van der Waals surface area contributed by atoms with E-state index in [9.17, 15) is 10.4 Å². The van der Waals surface area contributed by atoms with Crippen LogP contribution < -0.4 is 5.32 Å². The lowest BCUT2D eigenvalue weighted by Gasteiger charge is -2.34. The van der Waals surface area contributed by atoms with Crippen LogP contribution in [-0.2, 0) is 40.6 Å². The average molecular weight is 537 g/mol. The fraction of sp³-hybridized carbons (Fsp3) is 0.265. The summed E-state index contributed by atoms with van der Waals surface area (Å²) >= 11 is 0. The van der Waals surface area contributed by atoms with Gasteiger partial charge in [0, 0.05) is 6.54 Å². The van der Waals surface area contributed by atoms with Crippen molar-refractivity contribution in [3.8, 4) is 6.07 Å². The first-order valence-corrected chi connectivity index (χ1v) is 13.5. The Balaban J connectivity index is 1.53. The van der Waals surface area contributed by atoms with E-state index in [1.807, 2.05) is 121 Å². The molecule has 6 heteroatoms. The van der Waals surface area contributed by atoms with E-state index in [2.05, 4.69) is 11.4 Å². The molecule has 6 nitrogen and oxygen atoms in total. The molecule has 4 aromatic carbocycles. The number of nitrogens with one attached hydrogen (secondary N) is 1. The van der Waals surface area contributed by atoms with E-state index in [4.69, 9.17) is 14.2 Å². The summed E-state index contributed by atoms with van der Waals surface area (Å²) < 4.78 is 18.6. The summed E-state index contributed by atoms with van der Waals surface area (Å²) in [4.78, 5) is 0. The van der Waals surface area contributed by atoms with Crippen molar-refractivity contribution in [2.24, 2.45) is 0 Å². The van der Waals surface area contributed by atoms with Crippen LogP contribution in [0.2, 0.25) is 0 Å². The highest BCUT2D eigenvalue weighted by molar-refractivity contribution is 5.17. The highest BCUT2D eigenvalue weighted by atomic mass is 16.6. The number of nitriles is 1. The molecule has 0 fully saturated rings. The number of rotatable bonds is 16. The molecule has 4 aromatic rings. The topological polar surface area (TPSA) is 83.7 Å². The largest absolute Gasteiger partial charge is 0.388 e. The smallest absolute Gasteiger partial charge is 0.125 e. The van der Waals surface area contributed by atoms with Gasteiger partial charge in [0.1, 0.15) is 24.4 Å². The summed E-state index contributed by atoms with van der Waals surface area (Å²) in [5.41, 5.74) is 3.96. The number of aliphatic hydroxyl groups is 1. The second-order valence-electron chi connectivity index (χ2n) is 9.56. The molecular formula is C34H36N2O4. The third kappa shape index (κ3) is 9.42. The first-order valence-electron chi connectivity index (χ1n) is 13.5. The van der Waals surface area contributed by atoms with Gasteiger partial charge in [0.15, 0.2) is 0 Å². The van der Waals surface area contributed by atoms with Gasteiger partial charge in [0.05, 0.1) is 32.5 Å². The van der Waals surface area contributed by atoms with E-state index >= 15 is 0 Å². The molecule has 0 amide bonds. The average Bonchev–Trinajstić information content (AvgIpc) is 3.01. The molecule has 0 aliphatic heterocycles. The maximum Gasteiger partial charge on any atom is 0.125 e. The van der Waals surface area contributed by atoms with Crippen LogP contribution >= 0.6 is 0 Å². The van der Waals surface area contributed by atoms with Crippen LogP contribution in [0.1, 0.15) is 22.3 Å². The van der Waals surface area contributed by atoms with Gasteiger partial charge in [-0.15, -0.1) is 0 Å². The van der Waals surface area contributed by atoms with Gasteiger partial charge in [-0.05, 0) is 22.3 Å². The van der Waals surface area contributed by atoms with Crippen molar-refractivity contribution < 1.29 is 19.3 Å². The summed E-state index contributed by atoms with van der Waals surface area (Å²) in [6, 6.07) is 40.8. The van der Waals surface area contributed by atoms with Crippen LogP contribution in [0.5, 0.6) is 0 Å². The lowest BCUT2D eigenvalue weighted by molar-refractivity contribution is -0.152. The van der Waals surface area contributed by atoms with Crippen molar-refractivity contribution in [3.05, 3.63) is 144 Å². The van der Waals surface area contributed by atoms with Gasteiger partial charge in [-0.1, -0.05) is 121 Å². The second kappa shape index (κ2) is 16.3. The summed E-state index contributed by atoms with van der Waals surface area (Å²) in [5.74, 6) is 0. The number of nitrogens with zero attached hydrogens (tertiary/aromatic N) is 1. The summed E-state index contributed by atoms with van der Waals surface area (Å²) in [6.45, 7) is 1.36. The van der Waals surface area contributed by atoms with Gasteiger partial charge in [0.25, 0.3) is 0 Å². The Morgan fingerprint density at radius 2 is 1.02 bits per heavy atom. The summed E-state index contributed by atoms with van der Waals surface area (Å²) in [5, 5.41) is 25.0. The predicted octanol–water partition coefficient (Wildman–Crippen LogP) is 5.42. The lowest BCUT2D eigenvalue weighted by Crippen LogP contribution is -2.53. The minimum Gasteiger partial charge on any atom is -0.388 e.